The van der Waals surface area contributed by atoms with Gasteiger partial charge in [0.1, 0.15) is 6.04 Å². The van der Waals surface area contributed by atoms with E-state index in [4.69, 9.17) is 10.6 Å². The number of nitrogens with one attached hydrogen (secondary N) is 1. The summed E-state index contributed by atoms with van der Waals surface area (Å²) in [5, 5.41) is 15.4. The zero-order chi connectivity index (χ0) is 12.5. The predicted octanol–water partition coefficient (Wildman–Crippen LogP) is 2.10. The zero-order valence-electron chi connectivity index (χ0n) is 9.28. The highest BCUT2D eigenvalue weighted by atomic mass is 16.4. The second kappa shape index (κ2) is 7.27. The van der Waals surface area contributed by atoms with Gasteiger partial charge in [0.2, 0.25) is 0 Å². The summed E-state index contributed by atoms with van der Waals surface area (Å²) in [5.41, 5.74) is 8.80. The van der Waals surface area contributed by atoms with Crippen molar-refractivity contribution in [2.24, 2.45) is 5.11 Å². The Hall–Kier alpha value is -2.04. The fourth-order valence-electron chi connectivity index (χ4n) is 1.43. The van der Waals surface area contributed by atoms with Gasteiger partial charge in [-0.1, -0.05) is 35.4 Å². The van der Waals surface area contributed by atoms with Gasteiger partial charge in [0.05, 0.1) is 0 Å². The molecule has 0 aromatic heterocycles. The lowest BCUT2D eigenvalue weighted by atomic mass is 10.1. The molecule has 0 bridgehead atoms. The van der Waals surface area contributed by atoms with Crippen LogP contribution in [0.15, 0.2) is 35.4 Å². The molecule has 0 aliphatic carbocycles. The van der Waals surface area contributed by atoms with Crippen molar-refractivity contribution >= 4 is 5.97 Å². The van der Waals surface area contributed by atoms with E-state index in [1.54, 1.807) is 24.3 Å². The standard InChI is InChI=1S/C11H14N4O2/c12-15-14-8-4-7-13-10(11(16)17)9-5-2-1-3-6-9/h1-3,5-6,10,13H,4,7-8H2,(H,16,17). The van der Waals surface area contributed by atoms with Crippen LogP contribution in [0.3, 0.4) is 0 Å². The van der Waals surface area contributed by atoms with Crippen molar-refractivity contribution in [3.63, 3.8) is 0 Å². The first kappa shape index (κ1) is 13.0. The number of aliphatic carboxylic acids is 1. The molecule has 90 valence electrons. The molecule has 6 heteroatoms. The Morgan fingerprint density at radius 1 is 1.47 bits per heavy atom. The molecule has 0 saturated carbocycles. The van der Waals surface area contributed by atoms with Gasteiger partial charge in [-0.25, -0.2) is 0 Å². The number of carboxylic acids is 1. The molecule has 0 fully saturated rings. The Morgan fingerprint density at radius 3 is 2.76 bits per heavy atom. The summed E-state index contributed by atoms with van der Waals surface area (Å²) in [5.74, 6) is -0.917. The molecule has 2 N–H and O–H groups in total. The maximum atomic E-state index is 11.1. The number of hydrogen-bond acceptors (Lipinski definition) is 3. The first-order chi connectivity index (χ1) is 8.25. The van der Waals surface area contributed by atoms with Crippen LogP contribution in [0.5, 0.6) is 0 Å². The summed E-state index contributed by atoms with van der Waals surface area (Å²) in [4.78, 5) is 13.7. The topological polar surface area (TPSA) is 98.1 Å². The van der Waals surface area contributed by atoms with Crippen LogP contribution in [0.1, 0.15) is 18.0 Å². The van der Waals surface area contributed by atoms with Gasteiger partial charge < -0.3 is 10.4 Å². The SMILES string of the molecule is [N-]=[N+]=NCCCNC(C(=O)O)c1ccccc1. The van der Waals surface area contributed by atoms with Gasteiger partial charge in [-0.15, -0.1) is 0 Å². The van der Waals surface area contributed by atoms with Crippen molar-refractivity contribution in [1.29, 1.82) is 0 Å². The minimum absolute atomic E-state index is 0.366. The molecule has 1 aromatic carbocycles. The molecule has 0 radical (unpaired) electrons. The molecule has 1 atom stereocenters. The van der Waals surface area contributed by atoms with E-state index in [1.165, 1.54) is 0 Å². The molecule has 1 aromatic rings. The quantitative estimate of drug-likeness (QED) is 0.327. The number of nitrogens with zero attached hydrogens (tertiary/aromatic N) is 3. The van der Waals surface area contributed by atoms with Gasteiger partial charge in [0, 0.05) is 11.5 Å². The van der Waals surface area contributed by atoms with Crippen LogP contribution in [0.25, 0.3) is 10.4 Å². The molecule has 1 unspecified atom stereocenters. The fraction of sp³-hybridized carbons (Fsp3) is 0.364. The van der Waals surface area contributed by atoms with E-state index in [-0.39, 0.29) is 0 Å². The lowest BCUT2D eigenvalue weighted by Gasteiger charge is -2.14. The molecule has 0 amide bonds. The summed E-state index contributed by atoms with van der Waals surface area (Å²) >= 11 is 0. The minimum Gasteiger partial charge on any atom is -0.480 e. The maximum absolute atomic E-state index is 11.1. The van der Waals surface area contributed by atoms with Crippen LogP contribution in [0.4, 0.5) is 0 Å². The van der Waals surface area contributed by atoms with Crippen LogP contribution < -0.4 is 5.32 Å². The van der Waals surface area contributed by atoms with Crippen molar-refractivity contribution in [1.82, 2.24) is 5.32 Å². The summed E-state index contributed by atoms with van der Waals surface area (Å²) < 4.78 is 0. The average Bonchev–Trinajstić information content (AvgIpc) is 2.34. The van der Waals surface area contributed by atoms with Crippen molar-refractivity contribution in [3.05, 3.63) is 46.3 Å². The van der Waals surface area contributed by atoms with Gasteiger partial charge in [-0.05, 0) is 24.1 Å². The highest BCUT2D eigenvalue weighted by Gasteiger charge is 2.17. The third-order valence-electron chi connectivity index (χ3n) is 2.23. The van der Waals surface area contributed by atoms with E-state index in [9.17, 15) is 4.79 Å². The Morgan fingerprint density at radius 2 is 2.18 bits per heavy atom. The van der Waals surface area contributed by atoms with E-state index in [2.05, 4.69) is 15.3 Å². The van der Waals surface area contributed by atoms with Gasteiger partial charge in [0.15, 0.2) is 0 Å². The Balaban J connectivity index is 2.50. The number of benzene rings is 1. The second-order valence-electron chi connectivity index (χ2n) is 3.44. The molecule has 1 rings (SSSR count). The number of azide groups is 1. The monoisotopic (exact) mass is 234 g/mol. The van der Waals surface area contributed by atoms with Crippen LogP contribution in [0, 0.1) is 0 Å². The Kier molecular flexibility index (Phi) is 5.57. The second-order valence-corrected chi connectivity index (χ2v) is 3.44. The third kappa shape index (κ3) is 4.55. The van der Waals surface area contributed by atoms with E-state index in [1.807, 2.05) is 6.07 Å². The number of hydrogen-bond donors (Lipinski definition) is 2. The van der Waals surface area contributed by atoms with Crippen LogP contribution in [0.2, 0.25) is 0 Å². The van der Waals surface area contributed by atoms with Gasteiger partial charge in [0.25, 0.3) is 0 Å². The largest absolute Gasteiger partial charge is 0.480 e. The molecule has 6 nitrogen and oxygen atoms in total. The van der Waals surface area contributed by atoms with Crippen molar-refractivity contribution in [2.75, 3.05) is 13.1 Å². The summed E-state index contributed by atoms with van der Waals surface area (Å²) in [6.45, 7) is 0.857. The molecule has 0 heterocycles. The summed E-state index contributed by atoms with van der Waals surface area (Å²) in [6, 6.07) is 8.24. The molecule has 0 aliphatic heterocycles. The van der Waals surface area contributed by atoms with Crippen molar-refractivity contribution < 1.29 is 9.90 Å². The Labute approximate surface area is 98.9 Å². The summed E-state index contributed by atoms with van der Waals surface area (Å²) in [7, 11) is 0. The molecule has 0 aliphatic rings. The van der Waals surface area contributed by atoms with E-state index < -0.39 is 12.0 Å². The number of rotatable bonds is 7. The normalized spacial score (nSPS) is 11.5. The molecule has 17 heavy (non-hydrogen) atoms. The predicted molar refractivity (Wildman–Crippen MR) is 63.5 cm³/mol. The lowest BCUT2D eigenvalue weighted by Crippen LogP contribution is -2.29. The van der Waals surface area contributed by atoms with Crippen molar-refractivity contribution in [3.8, 4) is 0 Å². The zero-order valence-corrected chi connectivity index (χ0v) is 9.28. The highest BCUT2D eigenvalue weighted by molar-refractivity contribution is 5.75. The van der Waals surface area contributed by atoms with E-state index >= 15 is 0 Å². The summed E-state index contributed by atoms with van der Waals surface area (Å²) in [6.07, 6.45) is 0.612. The average molecular weight is 234 g/mol. The molecule has 0 spiro atoms. The number of carbonyl (C=O) groups is 1. The first-order valence-electron chi connectivity index (χ1n) is 5.27. The third-order valence-corrected chi connectivity index (χ3v) is 2.23. The minimum atomic E-state index is -0.917. The van der Waals surface area contributed by atoms with E-state index in [0.29, 0.717) is 25.1 Å². The maximum Gasteiger partial charge on any atom is 0.325 e. The van der Waals surface area contributed by atoms with E-state index in [0.717, 1.165) is 0 Å². The Bertz CT molecular complexity index is 401. The van der Waals surface area contributed by atoms with Gasteiger partial charge >= 0.3 is 5.97 Å². The lowest BCUT2D eigenvalue weighted by molar-refractivity contribution is -0.139. The van der Waals surface area contributed by atoms with Gasteiger partial charge in [-0.3, -0.25) is 4.79 Å². The highest BCUT2D eigenvalue weighted by Crippen LogP contribution is 2.12. The van der Waals surface area contributed by atoms with Crippen LogP contribution >= 0.6 is 0 Å². The van der Waals surface area contributed by atoms with Gasteiger partial charge in [-0.2, -0.15) is 0 Å². The van der Waals surface area contributed by atoms with Crippen LogP contribution in [-0.2, 0) is 4.79 Å². The smallest absolute Gasteiger partial charge is 0.325 e. The van der Waals surface area contributed by atoms with Crippen LogP contribution in [-0.4, -0.2) is 24.2 Å². The number of carboxylic acid groups (broad SMARTS) is 1. The first-order valence-corrected chi connectivity index (χ1v) is 5.27. The van der Waals surface area contributed by atoms with Crippen molar-refractivity contribution in [2.45, 2.75) is 12.5 Å². The molecule has 0 saturated heterocycles. The molecular weight excluding hydrogens is 220 g/mol. The molecular formula is C11H14N4O2. The fourth-order valence-corrected chi connectivity index (χ4v) is 1.43.